The van der Waals surface area contributed by atoms with Crippen molar-refractivity contribution in [2.45, 2.75) is 57.2 Å². The fraction of sp³-hybridized carbons (Fsp3) is 0.769. The Morgan fingerprint density at radius 3 is 2.48 bits per heavy atom. The second kappa shape index (κ2) is 4.51. The number of carbonyl (C=O) groups is 2. The highest BCUT2D eigenvalue weighted by Crippen LogP contribution is 2.40. The summed E-state index contributed by atoms with van der Waals surface area (Å²) in [6.07, 6.45) is 3.29. The molecule has 1 saturated heterocycles. The van der Waals surface area contributed by atoms with E-state index in [1.165, 1.54) is 4.80 Å². The first-order valence-corrected chi connectivity index (χ1v) is 7.23. The zero-order chi connectivity index (χ0) is 15.3. The lowest BCUT2D eigenvalue weighted by atomic mass is 9.85. The van der Waals surface area contributed by atoms with E-state index in [-0.39, 0.29) is 18.4 Å². The van der Waals surface area contributed by atoms with E-state index in [4.69, 9.17) is 0 Å². The molecule has 0 aromatic carbocycles. The van der Waals surface area contributed by atoms with Crippen LogP contribution in [-0.2, 0) is 23.2 Å². The Kier molecular flexibility index (Phi) is 3.00. The molecule has 0 bridgehead atoms. The molecule has 1 aromatic heterocycles. The predicted molar refractivity (Wildman–Crippen MR) is 72.8 cm³/mol. The molecule has 8 heteroatoms. The van der Waals surface area contributed by atoms with Crippen LogP contribution >= 0.6 is 0 Å². The van der Waals surface area contributed by atoms with Gasteiger partial charge in [0.25, 0.3) is 0 Å². The van der Waals surface area contributed by atoms with Crippen molar-refractivity contribution in [2.24, 2.45) is 7.05 Å². The highest BCUT2D eigenvalue weighted by atomic mass is 16.2. The summed E-state index contributed by atoms with van der Waals surface area (Å²) in [6, 6.07) is 0. The highest BCUT2D eigenvalue weighted by molar-refractivity contribution is 6.02. The maximum absolute atomic E-state index is 12.8. The summed E-state index contributed by atoms with van der Waals surface area (Å²) in [5.74, 6) is 0.313. The van der Waals surface area contributed by atoms with Crippen LogP contribution < -0.4 is 5.32 Å². The van der Waals surface area contributed by atoms with Crippen LogP contribution in [-0.4, -0.2) is 48.0 Å². The molecule has 114 valence electrons. The molecule has 0 radical (unpaired) electrons. The maximum atomic E-state index is 12.8. The number of aromatic nitrogens is 4. The highest BCUT2D eigenvalue weighted by Gasteiger charge is 2.56. The topological polar surface area (TPSA) is 93.0 Å². The number of amides is 2. The minimum absolute atomic E-state index is 0.0616. The number of nitrogens with one attached hydrogen (secondary N) is 1. The summed E-state index contributed by atoms with van der Waals surface area (Å²) in [7, 11) is 1.68. The van der Waals surface area contributed by atoms with Gasteiger partial charge >= 0.3 is 0 Å². The van der Waals surface area contributed by atoms with E-state index < -0.39 is 11.1 Å². The molecule has 8 nitrogen and oxygen atoms in total. The van der Waals surface area contributed by atoms with Crippen LogP contribution in [0.4, 0.5) is 0 Å². The lowest BCUT2D eigenvalue weighted by molar-refractivity contribution is -0.162. The number of tetrazole rings is 1. The number of aryl methyl sites for hydroxylation is 1. The standard InChI is InChI=1S/C13H20N6O2/c1-12(2)11(21)19(8-9-15-17-18(3)16-9)13(10(20)14-12)6-4-5-7-13/h4-8H2,1-3H3,(H,14,20). The minimum Gasteiger partial charge on any atom is -0.340 e. The van der Waals surface area contributed by atoms with Gasteiger partial charge in [0, 0.05) is 0 Å². The van der Waals surface area contributed by atoms with Gasteiger partial charge in [-0.1, -0.05) is 12.8 Å². The Labute approximate surface area is 122 Å². The van der Waals surface area contributed by atoms with Gasteiger partial charge in [0.05, 0.1) is 13.6 Å². The molecule has 1 N–H and O–H groups in total. The molecule has 1 aromatic rings. The first kappa shape index (κ1) is 14.0. The van der Waals surface area contributed by atoms with Crippen LogP contribution in [0.2, 0.25) is 0 Å². The number of rotatable bonds is 2. The molecule has 0 atom stereocenters. The number of hydrogen-bond donors (Lipinski definition) is 1. The quantitative estimate of drug-likeness (QED) is 0.812. The molecule has 1 aliphatic carbocycles. The van der Waals surface area contributed by atoms with Gasteiger partial charge in [-0.15, -0.1) is 10.2 Å². The van der Waals surface area contributed by atoms with Crippen molar-refractivity contribution in [1.29, 1.82) is 0 Å². The largest absolute Gasteiger partial charge is 0.340 e. The van der Waals surface area contributed by atoms with E-state index >= 15 is 0 Å². The number of hydrogen-bond acceptors (Lipinski definition) is 5. The Bertz CT molecular complexity index is 587. The van der Waals surface area contributed by atoms with Crippen molar-refractivity contribution < 1.29 is 9.59 Å². The van der Waals surface area contributed by atoms with Gasteiger partial charge in [0.15, 0.2) is 5.82 Å². The summed E-state index contributed by atoms with van der Waals surface area (Å²) >= 11 is 0. The molecule has 2 aliphatic rings. The molecule has 2 heterocycles. The number of piperazine rings is 1. The Morgan fingerprint density at radius 1 is 1.24 bits per heavy atom. The Hall–Kier alpha value is -1.99. The molecular formula is C13H20N6O2. The van der Waals surface area contributed by atoms with Crippen LogP contribution in [0, 0.1) is 0 Å². The van der Waals surface area contributed by atoms with E-state index in [0.29, 0.717) is 18.7 Å². The first-order valence-electron chi connectivity index (χ1n) is 7.23. The third-order valence-corrected chi connectivity index (χ3v) is 4.43. The minimum atomic E-state index is -0.896. The fourth-order valence-electron chi connectivity index (χ4n) is 3.32. The second-order valence-corrected chi connectivity index (χ2v) is 6.40. The molecule has 3 rings (SSSR count). The van der Waals surface area contributed by atoms with Crippen molar-refractivity contribution in [1.82, 2.24) is 30.4 Å². The molecule has 2 fully saturated rings. The predicted octanol–water partition coefficient (Wildman–Crippen LogP) is -0.240. The normalized spacial score (nSPS) is 23.7. The molecule has 1 spiro atoms. The molecule has 0 unspecified atom stereocenters. The van der Waals surface area contributed by atoms with Crippen molar-refractivity contribution >= 4 is 11.8 Å². The van der Waals surface area contributed by atoms with E-state index in [1.54, 1.807) is 25.8 Å². The summed E-state index contributed by atoms with van der Waals surface area (Å²) < 4.78 is 0. The molecule has 21 heavy (non-hydrogen) atoms. The van der Waals surface area contributed by atoms with Crippen molar-refractivity contribution in [2.75, 3.05) is 0 Å². The monoisotopic (exact) mass is 292 g/mol. The fourth-order valence-corrected chi connectivity index (χ4v) is 3.32. The molecule has 1 saturated carbocycles. The number of nitrogens with zero attached hydrogens (tertiary/aromatic N) is 5. The molecule has 1 aliphatic heterocycles. The summed E-state index contributed by atoms with van der Waals surface area (Å²) in [5.41, 5.74) is -1.64. The lowest BCUT2D eigenvalue weighted by Gasteiger charge is -2.48. The smallest absolute Gasteiger partial charge is 0.249 e. The third-order valence-electron chi connectivity index (χ3n) is 4.43. The zero-order valence-electron chi connectivity index (χ0n) is 12.6. The third kappa shape index (κ3) is 2.09. The number of carbonyl (C=O) groups excluding carboxylic acids is 2. The van der Waals surface area contributed by atoms with Gasteiger partial charge < -0.3 is 10.2 Å². The van der Waals surface area contributed by atoms with E-state index in [2.05, 4.69) is 20.7 Å². The van der Waals surface area contributed by atoms with E-state index in [9.17, 15) is 9.59 Å². The van der Waals surface area contributed by atoms with Crippen molar-refractivity contribution in [3.63, 3.8) is 0 Å². The van der Waals surface area contributed by atoms with Crippen LogP contribution in [0.1, 0.15) is 45.4 Å². The zero-order valence-corrected chi connectivity index (χ0v) is 12.6. The van der Waals surface area contributed by atoms with Gasteiger partial charge in [-0.25, -0.2) is 0 Å². The summed E-state index contributed by atoms with van der Waals surface area (Å²) in [5, 5.41) is 14.7. The van der Waals surface area contributed by atoms with Crippen LogP contribution in [0.3, 0.4) is 0 Å². The van der Waals surface area contributed by atoms with Gasteiger partial charge in [-0.2, -0.15) is 4.80 Å². The van der Waals surface area contributed by atoms with Gasteiger partial charge in [-0.05, 0) is 31.9 Å². The van der Waals surface area contributed by atoms with Crippen LogP contribution in [0.5, 0.6) is 0 Å². The second-order valence-electron chi connectivity index (χ2n) is 6.40. The van der Waals surface area contributed by atoms with Gasteiger partial charge in [-0.3, -0.25) is 9.59 Å². The van der Waals surface area contributed by atoms with Crippen molar-refractivity contribution in [3.8, 4) is 0 Å². The van der Waals surface area contributed by atoms with E-state index in [1.807, 2.05) is 0 Å². The lowest BCUT2D eigenvalue weighted by Crippen LogP contribution is -2.73. The molecule has 2 amide bonds. The summed E-state index contributed by atoms with van der Waals surface area (Å²) in [4.78, 5) is 28.4. The first-order chi connectivity index (χ1) is 9.85. The van der Waals surface area contributed by atoms with Gasteiger partial charge in [0.1, 0.15) is 11.1 Å². The Balaban J connectivity index is 1.98. The maximum Gasteiger partial charge on any atom is 0.249 e. The summed E-state index contributed by atoms with van der Waals surface area (Å²) in [6.45, 7) is 3.68. The van der Waals surface area contributed by atoms with Crippen molar-refractivity contribution in [3.05, 3.63) is 5.82 Å². The van der Waals surface area contributed by atoms with Crippen LogP contribution in [0.25, 0.3) is 0 Å². The Morgan fingerprint density at radius 2 is 1.90 bits per heavy atom. The average molecular weight is 292 g/mol. The van der Waals surface area contributed by atoms with Gasteiger partial charge in [0.2, 0.25) is 11.8 Å². The van der Waals surface area contributed by atoms with Crippen LogP contribution in [0.15, 0.2) is 0 Å². The SMILES string of the molecule is Cn1nnc(CN2C(=O)C(C)(C)NC(=O)C23CCCC3)n1. The average Bonchev–Trinajstić information content (AvgIpc) is 3.03. The molecular weight excluding hydrogens is 272 g/mol. The van der Waals surface area contributed by atoms with E-state index in [0.717, 1.165) is 12.8 Å².